The Bertz CT molecular complexity index is 436. The molecule has 0 amide bonds. The summed E-state index contributed by atoms with van der Waals surface area (Å²) in [6.07, 6.45) is 5.57. The van der Waals surface area contributed by atoms with Gasteiger partial charge in [-0.05, 0) is 43.2 Å². The van der Waals surface area contributed by atoms with Crippen molar-refractivity contribution in [1.29, 1.82) is 0 Å². The number of rotatable bonds is 0. The van der Waals surface area contributed by atoms with Crippen molar-refractivity contribution in [3.05, 3.63) is 30.1 Å². The lowest BCUT2D eigenvalue weighted by molar-refractivity contribution is 0.327. The molecule has 0 radical (unpaired) electrons. The van der Waals surface area contributed by atoms with Gasteiger partial charge in [0.05, 0.1) is 0 Å². The highest BCUT2D eigenvalue weighted by Gasteiger charge is 2.04. The average Bonchev–Trinajstić information content (AvgIpc) is 2.37. The molecule has 16 heavy (non-hydrogen) atoms. The van der Waals surface area contributed by atoms with Gasteiger partial charge in [-0.1, -0.05) is 6.07 Å². The molecule has 2 heteroatoms. The molecule has 2 heterocycles. The number of aromatic nitrogens is 1. The second-order valence-electron chi connectivity index (χ2n) is 3.75. The molecule has 1 saturated heterocycles. The van der Waals surface area contributed by atoms with Crippen molar-refractivity contribution in [2.75, 3.05) is 13.1 Å². The zero-order chi connectivity index (χ0) is 11.1. The van der Waals surface area contributed by atoms with E-state index in [4.69, 9.17) is 0 Å². The minimum Gasteiger partial charge on any atom is -0.332 e. The van der Waals surface area contributed by atoms with Crippen LogP contribution in [0.2, 0.25) is 0 Å². The van der Waals surface area contributed by atoms with Crippen LogP contribution in [0.1, 0.15) is 25.0 Å². The summed E-state index contributed by atoms with van der Waals surface area (Å²) in [5.41, 5.74) is 0.774. The van der Waals surface area contributed by atoms with Crippen LogP contribution >= 0.6 is 0 Å². The van der Waals surface area contributed by atoms with Gasteiger partial charge in [0, 0.05) is 31.3 Å². The molecule has 1 aliphatic rings. The van der Waals surface area contributed by atoms with E-state index >= 15 is 0 Å². The van der Waals surface area contributed by atoms with Crippen molar-refractivity contribution >= 4 is 0 Å². The lowest BCUT2D eigenvalue weighted by Crippen LogP contribution is -2.24. The van der Waals surface area contributed by atoms with E-state index in [1.165, 1.54) is 19.3 Å². The van der Waals surface area contributed by atoms with Crippen molar-refractivity contribution < 1.29 is 0 Å². The highest BCUT2D eigenvalue weighted by Crippen LogP contribution is 2.06. The van der Waals surface area contributed by atoms with E-state index < -0.39 is 0 Å². The SMILES string of the molecule is C(C#CN1CCCCC1)#Cc1ccccn1. The summed E-state index contributed by atoms with van der Waals surface area (Å²) in [4.78, 5) is 6.26. The Morgan fingerprint density at radius 3 is 2.69 bits per heavy atom. The molecular weight excluding hydrogens is 196 g/mol. The molecule has 1 fully saturated rings. The Morgan fingerprint density at radius 1 is 1.06 bits per heavy atom. The molecule has 0 aromatic carbocycles. The summed E-state index contributed by atoms with van der Waals surface area (Å²) < 4.78 is 0. The summed E-state index contributed by atoms with van der Waals surface area (Å²) in [5.74, 6) is 8.63. The van der Waals surface area contributed by atoms with Gasteiger partial charge in [0.1, 0.15) is 5.69 Å². The number of hydrogen-bond donors (Lipinski definition) is 0. The Labute approximate surface area is 96.7 Å². The molecule has 1 aliphatic heterocycles. The summed E-state index contributed by atoms with van der Waals surface area (Å²) in [6, 6.07) is 8.76. The van der Waals surface area contributed by atoms with Gasteiger partial charge in [-0.3, -0.25) is 0 Å². The molecule has 2 nitrogen and oxygen atoms in total. The molecule has 0 saturated carbocycles. The van der Waals surface area contributed by atoms with E-state index in [0.29, 0.717) is 0 Å². The van der Waals surface area contributed by atoms with Gasteiger partial charge in [0.2, 0.25) is 0 Å². The zero-order valence-electron chi connectivity index (χ0n) is 9.24. The van der Waals surface area contributed by atoms with Gasteiger partial charge < -0.3 is 4.90 Å². The smallest absolute Gasteiger partial charge is 0.114 e. The van der Waals surface area contributed by atoms with Crippen molar-refractivity contribution in [2.45, 2.75) is 19.3 Å². The first-order chi connectivity index (χ1) is 7.95. The lowest BCUT2D eigenvalue weighted by atomic mass is 10.1. The maximum absolute atomic E-state index is 4.11. The van der Waals surface area contributed by atoms with Crippen LogP contribution in [0.25, 0.3) is 0 Å². The molecule has 80 valence electrons. The van der Waals surface area contributed by atoms with Crippen molar-refractivity contribution in [2.24, 2.45) is 0 Å². The highest BCUT2D eigenvalue weighted by molar-refractivity contribution is 5.35. The highest BCUT2D eigenvalue weighted by atomic mass is 15.1. The molecule has 0 aliphatic carbocycles. The average molecular weight is 210 g/mol. The number of nitrogens with zero attached hydrogens (tertiary/aromatic N) is 2. The van der Waals surface area contributed by atoms with E-state index in [1.54, 1.807) is 6.20 Å². The lowest BCUT2D eigenvalue weighted by Gasteiger charge is -2.21. The maximum Gasteiger partial charge on any atom is 0.114 e. The fourth-order valence-corrected chi connectivity index (χ4v) is 1.64. The fraction of sp³-hybridized carbons (Fsp3) is 0.357. The topological polar surface area (TPSA) is 16.1 Å². The minimum atomic E-state index is 0.774. The molecule has 0 bridgehead atoms. The third-order valence-electron chi connectivity index (χ3n) is 2.49. The predicted molar refractivity (Wildman–Crippen MR) is 64.3 cm³/mol. The largest absolute Gasteiger partial charge is 0.332 e. The number of hydrogen-bond acceptors (Lipinski definition) is 2. The predicted octanol–water partition coefficient (Wildman–Crippen LogP) is 1.88. The summed E-state index contributed by atoms with van der Waals surface area (Å²) >= 11 is 0. The monoisotopic (exact) mass is 210 g/mol. The van der Waals surface area contributed by atoms with Crippen molar-refractivity contribution in [3.8, 4) is 23.8 Å². The summed E-state index contributed by atoms with van der Waals surface area (Å²) in [7, 11) is 0. The standard InChI is InChI=1S/C14H14N2/c1-5-11-16(12-6-1)13-7-3-9-14-8-2-4-10-15-14/h2,4,8,10H,1,5-6,11-12H2. The molecule has 0 unspecified atom stereocenters. The Balaban J connectivity index is 1.91. The van der Waals surface area contributed by atoms with Gasteiger partial charge in [-0.15, -0.1) is 0 Å². The second kappa shape index (κ2) is 5.83. The number of pyridine rings is 1. The first-order valence-electron chi connectivity index (χ1n) is 5.63. The van der Waals surface area contributed by atoms with Gasteiger partial charge >= 0.3 is 0 Å². The van der Waals surface area contributed by atoms with E-state index in [1.807, 2.05) is 18.2 Å². The first kappa shape index (κ1) is 10.6. The third-order valence-corrected chi connectivity index (χ3v) is 2.49. The van der Waals surface area contributed by atoms with Crippen molar-refractivity contribution in [3.63, 3.8) is 0 Å². The van der Waals surface area contributed by atoms with Gasteiger partial charge in [0.15, 0.2) is 0 Å². The Kier molecular flexibility index (Phi) is 3.86. The minimum absolute atomic E-state index is 0.774. The molecule has 0 N–H and O–H groups in total. The second-order valence-corrected chi connectivity index (χ2v) is 3.75. The molecule has 0 atom stereocenters. The first-order valence-corrected chi connectivity index (χ1v) is 5.63. The van der Waals surface area contributed by atoms with E-state index in [0.717, 1.165) is 18.8 Å². The molecule has 1 aromatic heterocycles. The van der Waals surface area contributed by atoms with E-state index in [2.05, 4.69) is 33.7 Å². The van der Waals surface area contributed by atoms with Crippen molar-refractivity contribution in [1.82, 2.24) is 9.88 Å². The normalized spacial score (nSPS) is 14.4. The molecule has 2 rings (SSSR count). The summed E-state index contributed by atoms with van der Waals surface area (Å²) in [6.45, 7) is 2.16. The quantitative estimate of drug-likeness (QED) is 0.608. The Morgan fingerprint density at radius 2 is 1.94 bits per heavy atom. The molecule has 0 spiro atoms. The van der Waals surface area contributed by atoms with Gasteiger partial charge in [-0.2, -0.15) is 0 Å². The van der Waals surface area contributed by atoms with E-state index in [9.17, 15) is 0 Å². The van der Waals surface area contributed by atoms with Gasteiger partial charge in [-0.25, -0.2) is 4.98 Å². The Hall–Kier alpha value is -1.93. The molecule has 1 aromatic rings. The van der Waals surface area contributed by atoms with Crippen LogP contribution in [0, 0.1) is 23.8 Å². The van der Waals surface area contributed by atoms with Gasteiger partial charge in [0.25, 0.3) is 0 Å². The van der Waals surface area contributed by atoms with Crippen LogP contribution < -0.4 is 0 Å². The third kappa shape index (κ3) is 3.33. The van der Waals surface area contributed by atoms with Crippen LogP contribution in [-0.2, 0) is 0 Å². The number of piperidine rings is 1. The zero-order valence-corrected chi connectivity index (χ0v) is 9.24. The summed E-state index contributed by atoms with van der Waals surface area (Å²) in [5, 5.41) is 0. The molecular formula is C14H14N2. The van der Waals surface area contributed by atoms with Crippen LogP contribution in [0.3, 0.4) is 0 Å². The van der Waals surface area contributed by atoms with Crippen LogP contribution in [0.15, 0.2) is 24.4 Å². The van der Waals surface area contributed by atoms with Crippen LogP contribution in [0.5, 0.6) is 0 Å². The van der Waals surface area contributed by atoms with Crippen LogP contribution in [-0.4, -0.2) is 23.0 Å². The maximum atomic E-state index is 4.11. The fourth-order valence-electron chi connectivity index (χ4n) is 1.64. The van der Waals surface area contributed by atoms with E-state index in [-0.39, 0.29) is 0 Å². The number of likely N-dealkylation sites (tertiary alicyclic amines) is 1. The van der Waals surface area contributed by atoms with Crippen LogP contribution in [0.4, 0.5) is 0 Å².